The molecule has 0 unspecified atom stereocenters. The van der Waals surface area contributed by atoms with Gasteiger partial charge in [-0.1, -0.05) is 11.2 Å². The molecule has 1 aromatic carbocycles. The summed E-state index contributed by atoms with van der Waals surface area (Å²) in [6.07, 6.45) is 0. The molecule has 0 aliphatic heterocycles. The molecule has 0 N–H and O–H groups in total. The molecule has 2 rings (SSSR count). The van der Waals surface area contributed by atoms with Crippen molar-refractivity contribution < 1.29 is 4.52 Å². The first kappa shape index (κ1) is 10.2. The average Bonchev–Trinajstić information content (AvgIpc) is 2.57. The van der Waals surface area contributed by atoms with Crippen molar-refractivity contribution >= 4 is 43.5 Å². The van der Waals surface area contributed by atoms with E-state index in [9.17, 15) is 0 Å². The lowest BCUT2D eigenvalue weighted by Gasteiger charge is -1.98. The zero-order valence-electron chi connectivity index (χ0n) is 6.80. The van der Waals surface area contributed by atoms with E-state index in [2.05, 4.69) is 37.0 Å². The van der Waals surface area contributed by atoms with Crippen LogP contribution in [-0.4, -0.2) is 5.16 Å². The van der Waals surface area contributed by atoms with Gasteiger partial charge < -0.3 is 4.52 Å². The second kappa shape index (κ2) is 4.04. The predicted octanol–water partition coefficient (Wildman–Crippen LogP) is 4.52. The maximum Gasteiger partial charge on any atom is 0.226 e. The van der Waals surface area contributed by atoms with E-state index in [0.717, 1.165) is 20.2 Å². The van der Waals surface area contributed by atoms with Crippen LogP contribution in [0.5, 0.6) is 0 Å². The highest BCUT2D eigenvalue weighted by molar-refractivity contribution is 9.13. The van der Waals surface area contributed by atoms with Gasteiger partial charge in [0, 0.05) is 20.6 Å². The number of rotatable bonds is 1. The Morgan fingerprint density at radius 2 is 1.93 bits per heavy atom. The van der Waals surface area contributed by atoms with E-state index in [1.807, 2.05) is 18.2 Å². The Morgan fingerprint density at radius 1 is 1.14 bits per heavy atom. The summed E-state index contributed by atoms with van der Waals surface area (Å²) >= 11 is 12.4. The third-order valence-corrected chi connectivity index (χ3v) is 3.75. The molecular weight excluding hydrogens is 333 g/mol. The third-order valence-electron chi connectivity index (χ3n) is 1.70. The van der Waals surface area contributed by atoms with Gasteiger partial charge in [-0.2, -0.15) is 0 Å². The summed E-state index contributed by atoms with van der Waals surface area (Å²) in [6.45, 7) is 0. The highest BCUT2D eigenvalue weighted by Gasteiger charge is 2.06. The normalized spacial score (nSPS) is 10.5. The van der Waals surface area contributed by atoms with Gasteiger partial charge in [-0.05, 0) is 55.6 Å². The first-order valence-electron chi connectivity index (χ1n) is 3.74. The summed E-state index contributed by atoms with van der Waals surface area (Å²) < 4.78 is 6.74. The lowest BCUT2D eigenvalue weighted by atomic mass is 10.2. The van der Waals surface area contributed by atoms with E-state index in [0.29, 0.717) is 5.22 Å². The van der Waals surface area contributed by atoms with Gasteiger partial charge >= 0.3 is 0 Å². The van der Waals surface area contributed by atoms with E-state index < -0.39 is 0 Å². The maximum absolute atomic E-state index is 5.63. The van der Waals surface area contributed by atoms with Crippen molar-refractivity contribution in [2.45, 2.75) is 0 Å². The molecular formula is C9H4Br2ClNO. The van der Waals surface area contributed by atoms with Gasteiger partial charge in [0.15, 0.2) is 0 Å². The fourth-order valence-electron chi connectivity index (χ4n) is 1.04. The van der Waals surface area contributed by atoms with Gasteiger partial charge in [-0.3, -0.25) is 0 Å². The average molecular weight is 337 g/mol. The Kier molecular flexibility index (Phi) is 2.95. The van der Waals surface area contributed by atoms with E-state index >= 15 is 0 Å². The Morgan fingerprint density at radius 3 is 2.50 bits per heavy atom. The van der Waals surface area contributed by atoms with E-state index in [1.54, 1.807) is 6.07 Å². The van der Waals surface area contributed by atoms with Crippen molar-refractivity contribution in [1.82, 2.24) is 5.16 Å². The number of halogens is 3. The van der Waals surface area contributed by atoms with Crippen molar-refractivity contribution in [3.63, 3.8) is 0 Å². The summed E-state index contributed by atoms with van der Waals surface area (Å²) in [5.74, 6) is 0. The van der Waals surface area contributed by atoms with Crippen molar-refractivity contribution in [3.8, 4) is 11.3 Å². The van der Waals surface area contributed by atoms with Gasteiger partial charge in [0.1, 0.15) is 5.69 Å². The molecule has 0 aliphatic rings. The lowest BCUT2D eigenvalue weighted by molar-refractivity contribution is 0.424. The van der Waals surface area contributed by atoms with Crippen LogP contribution < -0.4 is 0 Å². The van der Waals surface area contributed by atoms with Crippen LogP contribution in [0.2, 0.25) is 5.22 Å². The molecule has 0 saturated heterocycles. The van der Waals surface area contributed by atoms with E-state index in [1.165, 1.54) is 0 Å². The van der Waals surface area contributed by atoms with Crippen molar-refractivity contribution in [3.05, 3.63) is 38.4 Å². The second-order valence-corrected chi connectivity index (χ2v) is 4.73. The summed E-state index contributed by atoms with van der Waals surface area (Å²) in [5.41, 5.74) is 1.68. The number of hydrogen-bond acceptors (Lipinski definition) is 2. The number of hydrogen-bond donors (Lipinski definition) is 0. The Bertz CT molecular complexity index is 470. The Labute approximate surface area is 102 Å². The molecule has 0 radical (unpaired) electrons. The molecule has 0 atom stereocenters. The largest absolute Gasteiger partial charge is 0.344 e. The smallest absolute Gasteiger partial charge is 0.226 e. The molecule has 0 saturated carbocycles. The molecule has 2 nitrogen and oxygen atoms in total. The molecule has 1 aromatic heterocycles. The zero-order chi connectivity index (χ0) is 10.1. The third kappa shape index (κ3) is 2.02. The number of benzene rings is 1. The first-order chi connectivity index (χ1) is 6.66. The second-order valence-electron chi connectivity index (χ2n) is 2.65. The van der Waals surface area contributed by atoms with Crippen LogP contribution in [0.3, 0.4) is 0 Å². The minimum absolute atomic E-state index is 0.291. The number of aromatic nitrogens is 1. The SMILES string of the molecule is Clc1cc(-c2ccc(Br)c(Br)c2)no1. The van der Waals surface area contributed by atoms with Gasteiger partial charge in [-0.25, -0.2) is 0 Å². The molecule has 0 spiro atoms. The van der Waals surface area contributed by atoms with Crippen LogP contribution in [0.4, 0.5) is 0 Å². The molecule has 5 heteroatoms. The van der Waals surface area contributed by atoms with E-state index in [4.69, 9.17) is 16.1 Å². The van der Waals surface area contributed by atoms with Crippen LogP contribution in [-0.2, 0) is 0 Å². The van der Waals surface area contributed by atoms with Crippen LogP contribution in [0.25, 0.3) is 11.3 Å². The van der Waals surface area contributed by atoms with Gasteiger partial charge in [0.25, 0.3) is 0 Å². The standard InChI is InChI=1S/C9H4Br2ClNO/c10-6-2-1-5(3-7(6)11)8-4-9(12)14-13-8/h1-4H. The van der Waals surface area contributed by atoms with Crippen LogP contribution >= 0.6 is 43.5 Å². The molecule has 14 heavy (non-hydrogen) atoms. The topological polar surface area (TPSA) is 26.0 Å². The molecule has 0 fully saturated rings. The number of nitrogens with zero attached hydrogens (tertiary/aromatic N) is 1. The van der Waals surface area contributed by atoms with Crippen LogP contribution in [0.1, 0.15) is 0 Å². The van der Waals surface area contributed by atoms with Gasteiger partial charge in [0.05, 0.1) is 0 Å². The highest BCUT2D eigenvalue weighted by Crippen LogP contribution is 2.29. The van der Waals surface area contributed by atoms with Gasteiger partial charge in [-0.15, -0.1) is 0 Å². The quantitative estimate of drug-likeness (QED) is 0.765. The molecule has 0 bridgehead atoms. The Hall–Kier alpha value is -0.320. The van der Waals surface area contributed by atoms with Crippen LogP contribution in [0.15, 0.2) is 37.7 Å². The van der Waals surface area contributed by atoms with Gasteiger partial charge in [0.2, 0.25) is 5.22 Å². The van der Waals surface area contributed by atoms with Crippen molar-refractivity contribution in [2.24, 2.45) is 0 Å². The summed E-state index contributed by atoms with van der Waals surface area (Å²) in [7, 11) is 0. The molecule has 1 heterocycles. The summed E-state index contributed by atoms with van der Waals surface area (Å²) in [4.78, 5) is 0. The first-order valence-corrected chi connectivity index (χ1v) is 5.71. The molecule has 0 aliphatic carbocycles. The summed E-state index contributed by atoms with van der Waals surface area (Å²) in [5, 5.41) is 4.10. The maximum atomic E-state index is 5.63. The Balaban J connectivity index is 2.47. The van der Waals surface area contributed by atoms with Crippen molar-refractivity contribution in [1.29, 1.82) is 0 Å². The van der Waals surface area contributed by atoms with E-state index in [-0.39, 0.29) is 0 Å². The zero-order valence-corrected chi connectivity index (χ0v) is 10.7. The van der Waals surface area contributed by atoms with Crippen LogP contribution in [0, 0.1) is 0 Å². The molecule has 0 amide bonds. The molecule has 72 valence electrons. The fourth-order valence-corrected chi connectivity index (χ4v) is 1.81. The fraction of sp³-hybridized carbons (Fsp3) is 0. The lowest BCUT2D eigenvalue weighted by Crippen LogP contribution is -1.77. The highest BCUT2D eigenvalue weighted by atomic mass is 79.9. The molecule has 2 aromatic rings. The minimum atomic E-state index is 0.291. The minimum Gasteiger partial charge on any atom is -0.344 e. The predicted molar refractivity (Wildman–Crippen MR) is 62.3 cm³/mol. The monoisotopic (exact) mass is 335 g/mol. The van der Waals surface area contributed by atoms with Crippen molar-refractivity contribution in [2.75, 3.05) is 0 Å². The summed E-state index contributed by atoms with van der Waals surface area (Å²) in [6, 6.07) is 7.49.